The molecular formula is C9H15N3O3. The van der Waals surface area contributed by atoms with E-state index in [9.17, 15) is 4.79 Å². The van der Waals surface area contributed by atoms with Gasteiger partial charge in [-0.05, 0) is 0 Å². The van der Waals surface area contributed by atoms with Crippen molar-refractivity contribution in [1.82, 2.24) is 15.0 Å². The molecule has 0 aromatic carbocycles. The molecule has 0 fully saturated rings. The van der Waals surface area contributed by atoms with Crippen LogP contribution in [0.4, 0.5) is 0 Å². The Morgan fingerprint density at radius 2 is 2.27 bits per heavy atom. The summed E-state index contributed by atoms with van der Waals surface area (Å²) in [5.41, 5.74) is 0.0375. The van der Waals surface area contributed by atoms with Gasteiger partial charge in [0.1, 0.15) is 0 Å². The number of carbonyl (C=O) groups is 1. The van der Waals surface area contributed by atoms with E-state index in [1.807, 2.05) is 0 Å². The molecule has 0 bridgehead atoms. The van der Waals surface area contributed by atoms with Crippen LogP contribution in [0.25, 0.3) is 0 Å². The molecule has 0 saturated carbocycles. The van der Waals surface area contributed by atoms with Crippen LogP contribution in [-0.2, 0) is 22.0 Å². The average molecular weight is 213 g/mol. The molecule has 1 rings (SSSR count). The number of aromatic nitrogens is 3. The van der Waals surface area contributed by atoms with Gasteiger partial charge in [-0.2, -0.15) is 0 Å². The van der Waals surface area contributed by atoms with Gasteiger partial charge in [0.25, 0.3) is 0 Å². The molecule has 84 valence electrons. The van der Waals surface area contributed by atoms with Crippen LogP contribution >= 0.6 is 0 Å². The van der Waals surface area contributed by atoms with Crippen molar-refractivity contribution in [3.05, 3.63) is 11.9 Å². The first-order valence-corrected chi connectivity index (χ1v) is 4.52. The Kier molecular flexibility index (Phi) is 3.09. The van der Waals surface area contributed by atoms with Crippen molar-refractivity contribution in [1.29, 1.82) is 0 Å². The summed E-state index contributed by atoms with van der Waals surface area (Å²) in [5.74, 6) is -0.997. The highest BCUT2D eigenvalue weighted by molar-refractivity contribution is 5.74. The number of carboxylic acids is 1. The summed E-state index contributed by atoms with van der Waals surface area (Å²) in [7, 11) is 3.10. The third-order valence-corrected chi connectivity index (χ3v) is 2.49. The Hall–Kier alpha value is -1.43. The number of ether oxygens (including phenoxy) is 1. The minimum absolute atomic E-state index is 0.682. The van der Waals surface area contributed by atoms with Gasteiger partial charge in [-0.3, -0.25) is 4.68 Å². The number of methoxy groups -OCH3 is 1. The van der Waals surface area contributed by atoms with E-state index in [0.717, 1.165) is 5.69 Å². The van der Waals surface area contributed by atoms with Gasteiger partial charge in [0.15, 0.2) is 6.10 Å². The predicted octanol–water partition coefficient (Wildman–Crippen LogP) is 0.192. The number of rotatable bonds is 4. The zero-order valence-electron chi connectivity index (χ0n) is 9.26. The van der Waals surface area contributed by atoms with E-state index in [1.165, 1.54) is 7.11 Å². The van der Waals surface area contributed by atoms with E-state index in [-0.39, 0.29) is 0 Å². The van der Waals surface area contributed by atoms with Crippen LogP contribution < -0.4 is 0 Å². The fourth-order valence-electron chi connectivity index (χ4n) is 1.71. The Morgan fingerprint density at radius 3 is 2.60 bits per heavy atom. The van der Waals surface area contributed by atoms with Gasteiger partial charge in [-0.25, -0.2) is 4.79 Å². The molecule has 1 aromatic heterocycles. The van der Waals surface area contributed by atoms with E-state index in [2.05, 4.69) is 10.3 Å². The fraction of sp³-hybridized carbons (Fsp3) is 0.667. The lowest BCUT2D eigenvalue weighted by Gasteiger charge is -2.29. The number of hydrogen-bond acceptors (Lipinski definition) is 4. The molecule has 0 spiro atoms. The Morgan fingerprint density at radius 1 is 1.67 bits per heavy atom. The maximum Gasteiger partial charge on any atom is 0.333 e. The second-order valence-corrected chi connectivity index (χ2v) is 3.92. The molecular weight excluding hydrogens is 198 g/mol. The van der Waals surface area contributed by atoms with E-state index < -0.39 is 17.5 Å². The largest absolute Gasteiger partial charge is 0.479 e. The molecule has 6 nitrogen and oxygen atoms in total. The lowest BCUT2D eigenvalue weighted by Crippen LogP contribution is -2.42. The topological polar surface area (TPSA) is 77.2 Å². The summed E-state index contributed by atoms with van der Waals surface area (Å²) >= 11 is 0. The van der Waals surface area contributed by atoms with Crippen LogP contribution in [0, 0.1) is 0 Å². The van der Waals surface area contributed by atoms with Gasteiger partial charge in [-0.1, -0.05) is 19.1 Å². The summed E-state index contributed by atoms with van der Waals surface area (Å²) < 4.78 is 6.54. The zero-order valence-corrected chi connectivity index (χ0v) is 9.26. The third kappa shape index (κ3) is 1.99. The van der Waals surface area contributed by atoms with Crippen molar-refractivity contribution < 1.29 is 14.6 Å². The molecule has 1 heterocycles. The molecule has 0 aliphatic heterocycles. The monoisotopic (exact) mass is 213 g/mol. The summed E-state index contributed by atoms with van der Waals surface area (Å²) in [6, 6.07) is 0. The molecule has 0 aliphatic carbocycles. The predicted molar refractivity (Wildman–Crippen MR) is 52.5 cm³/mol. The molecule has 0 radical (unpaired) electrons. The minimum Gasteiger partial charge on any atom is -0.479 e. The Labute approximate surface area is 87.9 Å². The van der Waals surface area contributed by atoms with Crippen LogP contribution in [0.1, 0.15) is 19.5 Å². The summed E-state index contributed by atoms with van der Waals surface area (Å²) in [4.78, 5) is 11.0. The van der Waals surface area contributed by atoms with E-state index in [0.29, 0.717) is 0 Å². The standard InChI is InChI=1S/C9H15N3O3/c1-9(2,7(15-4)8(13)14)6-5-10-11-12(6)3/h5,7H,1-4H3,(H,13,14). The summed E-state index contributed by atoms with van der Waals surface area (Å²) in [5, 5.41) is 16.5. The molecule has 1 aromatic rings. The fourth-order valence-corrected chi connectivity index (χ4v) is 1.71. The number of hydrogen-bond donors (Lipinski definition) is 1. The minimum atomic E-state index is -0.997. The number of carboxylic acid groups (broad SMARTS) is 1. The van der Waals surface area contributed by atoms with Gasteiger partial charge >= 0.3 is 5.97 Å². The Bertz CT molecular complexity index is 359. The molecule has 6 heteroatoms. The summed E-state index contributed by atoms with van der Waals surface area (Å²) in [6.07, 6.45) is 0.629. The van der Waals surface area contributed by atoms with E-state index in [1.54, 1.807) is 31.8 Å². The normalized spacial score (nSPS) is 13.9. The van der Waals surface area contributed by atoms with Crippen LogP contribution in [-0.4, -0.2) is 39.3 Å². The highest BCUT2D eigenvalue weighted by Gasteiger charge is 2.39. The highest BCUT2D eigenvalue weighted by Crippen LogP contribution is 2.27. The lowest BCUT2D eigenvalue weighted by atomic mass is 9.83. The van der Waals surface area contributed by atoms with Crippen molar-refractivity contribution >= 4 is 5.97 Å². The number of nitrogens with zero attached hydrogens (tertiary/aromatic N) is 3. The van der Waals surface area contributed by atoms with Crippen LogP contribution in [0.3, 0.4) is 0 Å². The Balaban J connectivity index is 3.11. The van der Waals surface area contributed by atoms with Gasteiger partial charge in [0.2, 0.25) is 0 Å². The quantitative estimate of drug-likeness (QED) is 0.772. The smallest absolute Gasteiger partial charge is 0.333 e. The van der Waals surface area contributed by atoms with Crippen LogP contribution in [0.5, 0.6) is 0 Å². The highest BCUT2D eigenvalue weighted by atomic mass is 16.5. The second-order valence-electron chi connectivity index (χ2n) is 3.92. The molecule has 1 unspecified atom stereocenters. The maximum atomic E-state index is 11.0. The number of aliphatic carboxylic acids is 1. The first-order chi connectivity index (χ1) is 6.91. The molecule has 0 saturated heterocycles. The van der Waals surface area contributed by atoms with Crippen molar-refractivity contribution in [2.45, 2.75) is 25.4 Å². The van der Waals surface area contributed by atoms with Crippen molar-refractivity contribution in [2.24, 2.45) is 7.05 Å². The second kappa shape index (κ2) is 3.98. The number of aryl methyl sites for hydroxylation is 1. The van der Waals surface area contributed by atoms with Crippen LogP contribution in [0.15, 0.2) is 6.20 Å². The van der Waals surface area contributed by atoms with Gasteiger partial charge < -0.3 is 9.84 Å². The lowest BCUT2D eigenvalue weighted by molar-refractivity contribution is -0.152. The van der Waals surface area contributed by atoms with Crippen molar-refractivity contribution in [3.8, 4) is 0 Å². The zero-order chi connectivity index (χ0) is 11.6. The third-order valence-electron chi connectivity index (χ3n) is 2.49. The van der Waals surface area contributed by atoms with Crippen molar-refractivity contribution in [2.75, 3.05) is 7.11 Å². The SMILES string of the molecule is COC(C(=O)O)C(C)(C)c1cnnn1C. The molecule has 15 heavy (non-hydrogen) atoms. The van der Waals surface area contributed by atoms with Gasteiger partial charge in [-0.15, -0.1) is 5.10 Å². The maximum absolute atomic E-state index is 11.0. The van der Waals surface area contributed by atoms with E-state index in [4.69, 9.17) is 9.84 Å². The summed E-state index contributed by atoms with van der Waals surface area (Å²) in [6.45, 7) is 3.57. The first kappa shape index (κ1) is 11.6. The van der Waals surface area contributed by atoms with Gasteiger partial charge in [0, 0.05) is 19.6 Å². The van der Waals surface area contributed by atoms with Crippen LogP contribution in [0.2, 0.25) is 0 Å². The molecule has 1 N–H and O–H groups in total. The molecule has 0 amide bonds. The van der Waals surface area contributed by atoms with Gasteiger partial charge in [0.05, 0.1) is 11.9 Å². The van der Waals surface area contributed by atoms with Crippen molar-refractivity contribution in [3.63, 3.8) is 0 Å². The first-order valence-electron chi connectivity index (χ1n) is 4.52. The molecule has 1 atom stereocenters. The average Bonchev–Trinajstić information content (AvgIpc) is 2.51. The van der Waals surface area contributed by atoms with E-state index >= 15 is 0 Å². The molecule has 0 aliphatic rings.